The second kappa shape index (κ2) is 12.6. The van der Waals surface area contributed by atoms with E-state index in [0.29, 0.717) is 57.4 Å². The summed E-state index contributed by atoms with van der Waals surface area (Å²) < 4.78 is 22.9. The predicted octanol–water partition coefficient (Wildman–Crippen LogP) is 5.50. The van der Waals surface area contributed by atoms with E-state index in [2.05, 4.69) is 21.3 Å². The molecule has 0 amide bonds. The zero-order chi connectivity index (χ0) is 27.9. The number of aliphatic hydroxyl groups is 1. The van der Waals surface area contributed by atoms with Gasteiger partial charge in [0, 0.05) is 29.9 Å². The number of hydrogen-bond donors (Lipinski definition) is 2. The molecule has 40 heavy (non-hydrogen) atoms. The molecule has 0 aliphatic carbocycles. The molecule has 4 aromatic rings. The van der Waals surface area contributed by atoms with Crippen molar-refractivity contribution in [1.82, 2.24) is 9.88 Å². The fourth-order valence-corrected chi connectivity index (χ4v) is 4.77. The van der Waals surface area contributed by atoms with Crippen molar-refractivity contribution in [3.05, 3.63) is 72.4 Å². The summed E-state index contributed by atoms with van der Waals surface area (Å²) in [6.45, 7) is 2.74. The molecule has 5 rings (SSSR count). The molecule has 206 valence electrons. The highest BCUT2D eigenvalue weighted by Crippen LogP contribution is 2.38. The van der Waals surface area contributed by atoms with Crippen LogP contribution in [0.15, 0.2) is 66.9 Å². The number of pyridine rings is 1. The summed E-state index contributed by atoms with van der Waals surface area (Å²) in [7, 11) is 3.16. The minimum Gasteiger partial charge on any atom is -0.493 e. The number of anilines is 2. The molecule has 3 aromatic carbocycles. The quantitative estimate of drug-likeness (QED) is 0.255. The molecule has 0 radical (unpaired) electrons. The molecule has 1 fully saturated rings. The van der Waals surface area contributed by atoms with Crippen LogP contribution in [0.3, 0.4) is 0 Å². The Morgan fingerprint density at radius 1 is 0.975 bits per heavy atom. The maximum Gasteiger partial charge on any atom is 0.169 e. The Morgan fingerprint density at radius 3 is 2.40 bits per heavy atom. The van der Waals surface area contributed by atoms with E-state index in [1.54, 1.807) is 26.4 Å². The molecule has 0 saturated carbocycles. The first-order valence-corrected chi connectivity index (χ1v) is 13.2. The third-order valence-corrected chi connectivity index (χ3v) is 6.79. The van der Waals surface area contributed by atoms with Crippen LogP contribution >= 0.6 is 0 Å². The largest absolute Gasteiger partial charge is 0.493 e. The SMILES string of the molecule is COc1cc2c(Nc3ccc(Oc4ccccc4OC)cc3)c(C#N)cnc2cc1OCC(O)CN1CCCC1. The number of para-hydroxylation sites is 2. The van der Waals surface area contributed by atoms with E-state index in [1.165, 1.54) is 19.0 Å². The highest BCUT2D eigenvalue weighted by molar-refractivity contribution is 5.97. The first-order valence-electron chi connectivity index (χ1n) is 13.2. The van der Waals surface area contributed by atoms with Crippen molar-refractivity contribution >= 4 is 22.3 Å². The van der Waals surface area contributed by atoms with E-state index in [-0.39, 0.29) is 6.61 Å². The van der Waals surface area contributed by atoms with E-state index >= 15 is 0 Å². The lowest BCUT2D eigenvalue weighted by Gasteiger charge is -2.20. The number of β-amino-alcohol motifs (C(OH)–C–C–N with tert-alkyl or cyclic N) is 1. The summed E-state index contributed by atoms with van der Waals surface area (Å²) >= 11 is 0. The Kier molecular flexibility index (Phi) is 8.50. The Hall–Kier alpha value is -4.52. The highest BCUT2D eigenvalue weighted by Gasteiger charge is 2.19. The molecule has 1 aliphatic rings. The van der Waals surface area contributed by atoms with Gasteiger partial charge in [-0.25, -0.2) is 0 Å². The second-order valence-corrected chi connectivity index (χ2v) is 9.55. The number of nitriles is 1. The summed E-state index contributed by atoms with van der Waals surface area (Å²) in [5.41, 5.74) is 2.38. The van der Waals surface area contributed by atoms with Crippen LogP contribution in [-0.4, -0.2) is 61.6 Å². The Morgan fingerprint density at radius 2 is 1.70 bits per heavy atom. The third kappa shape index (κ3) is 6.20. The Balaban J connectivity index is 1.35. The van der Waals surface area contributed by atoms with Crippen LogP contribution in [0.2, 0.25) is 0 Å². The number of likely N-dealkylation sites (tertiary alicyclic amines) is 1. The smallest absolute Gasteiger partial charge is 0.169 e. The van der Waals surface area contributed by atoms with Gasteiger partial charge >= 0.3 is 0 Å². The van der Waals surface area contributed by atoms with E-state index in [9.17, 15) is 10.4 Å². The molecule has 1 unspecified atom stereocenters. The van der Waals surface area contributed by atoms with Gasteiger partial charge in [-0.1, -0.05) is 12.1 Å². The monoisotopic (exact) mass is 540 g/mol. The zero-order valence-corrected chi connectivity index (χ0v) is 22.6. The number of aromatic nitrogens is 1. The molecule has 1 aliphatic heterocycles. The summed E-state index contributed by atoms with van der Waals surface area (Å²) in [4.78, 5) is 6.72. The van der Waals surface area contributed by atoms with Crippen molar-refractivity contribution in [1.29, 1.82) is 5.26 Å². The van der Waals surface area contributed by atoms with Crippen LogP contribution in [0.25, 0.3) is 10.9 Å². The average Bonchev–Trinajstić information content (AvgIpc) is 3.50. The molecule has 0 spiro atoms. The first-order chi connectivity index (χ1) is 19.6. The number of aliphatic hydroxyl groups excluding tert-OH is 1. The first kappa shape index (κ1) is 27.1. The Labute approximate surface area is 233 Å². The van der Waals surface area contributed by atoms with Crippen LogP contribution in [0.1, 0.15) is 18.4 Å². The van der Waals surface area contributed by atoms with Gasteiger partial charge in [-0.05, 0) is 68.4 Å². The lowest BCUT2D eigenvalue weighted by atomic mass is 10.1. The molecule has 9 heteroatoms. The predicted molar refractivity (Wildman–Crippen MR) is 153 cm³/mol. The van der Waals surface area contributed by atoms with Gasteiger partial charge in [-0.15, -0.1) is 0 Å². The van der Waals surface area contributed by atoms with E-state index in [0.717, 1.165) is 18.8 Å². The van der Waals surface area contributed by atoms with Crippen molar-refractivity contribution in [2.75, 3.05) is 45.8 Å². The Bertz CT molecular complexity index is 1500. The minimum atomic E-state index is -0.611. The number of benzene rings is 3. The van der Waals surface area contributed by atoms with Gasteiger partial charge in [0.25, 0.3) is 0 Å². The van der Waals surface area contributed by atoms with Gasteiger partial charge in [-0.2, -0.15) is 5.26 Å². The fraction of sp³-hybridized carbons (Fsp3) is 0.290. The van der Waals surface area contributed by atoms with Gasteiger partial charge in [0.2, 0.25) is 0 Å². The number of ether oxygens (including phenoxy) is 4. The van der Waals surface area contributed by atoms with Gasteiger partial charge in [0.15, 0.2) is 23.0 Å². The molecule has 9 nitrogen and oxygen atoms in total. The van der Waals surface area contributed by atoms with Crippen molar-refractivity contribution in [2.45, 2.75) is 18.9 Å². The van der Waals surface area contributed by atoms with Gasteiger partial charge in [0.1, 0.15) is 24.5 Å². The molecule has 1 saturated heterocycles. The number of rotatable bonds is 11. The van der Waals surface area contributed by atoms with Crippen LogP contribution in [0.5, 0.6) is 28.7 Å². The third-order valence-electron chi connectivity index (χ3n) is 6.79. The molecule has 2 N–H and O–H groups in total. The van der Waals surface area contributed by atoms with Gasteiger partial charge in [-0.3, -0.25) is 4.98 Å². The lowest BCUT2D eigenvalue weighted by Crippen LogP contribution is -2.33. The molecule has 2 heterocycles. The van der Waals surface area contributed by atoms with Crippen LogP contribution < -0.4 is 24.3 Å². The topological polar surface area (TPSA) is 109 Å². The van der Waals surface area contributed by atoms with Crippen LogP contribution in [-0.2, 0) is 0 Å². The van der Waals surface area contributed by atoms with E-state index < -0.39 is 6.10 Å². The van der Waals surface area contributed by atoms with E-state index in [1.807, 2.05) is 48.5 Å². The number of nitrogens with one attached hydrogen (secondary N) is 1. The maximum absolute atomic E-state index is 10.5. The summed E-state index contributed by atoms with van der Waals surface area (Å²) in [6, 6.07) is 20.6. The van der Waals surface area contributed by atoms with Gasteiger partial charge < -0.3 is 34.3 Å². The summed E-state index contributed by atoms with van der Waals surface area (Å²) in [5, 5.41) is 24.3. The number of hydrogen-bond acceptors (Lipinski definition) is 9. The van der Waals surface area contributed by atoms with Crippen LogP contribution in [0.4, 0.5) is 11.4 Å². The summed E-state index contributed by atoms with van der Waals surface area (Å²) in [6.07, 6.45) is 3.25. The van der Waals surface area contributed by atoms with Crippen molar-refractivity contribution < 1.29 is 24.1 Å². The molecular formula is C31H32N4O5. The second-order valence-electron chi connectivity index (χ2n) is 9.55. The molecule has 1 atom stereocenters. The minimum absolute atomic E-state index is 0.142. The summed E-state index contributed by atoms with van der Waals surface area (Å²) in [5.74, 6) is 2.87. The number of fused-ring (bicyclic) bond motifs is 1. The van der Waals surface area contributed by atoms with Crippen molar-refractivity contribution in [3.8, 4) is 34.8 Å². The van der Waals surface area contributed by atoms with Crippen LogP contribution in [0, 0.1) is 11.3 Å². The molecule has 0 bridgehead atoms. The molecule has 1 aromatic heterocycles. The van der Waals surface area contributed by atoms with Crippen molar-refractivity contribution in [2.24, 2.45) is 0 Å². The zero-order valence-electron chi connectivity index (χ0n) is 22.6. The lowest BCUT2D eigenvalue weighted by molar-refractivity contribution is 0.0747. The molecular weight excluding hydrogens is 508 g/mol. The number of nitrogens with zero attached hydrogens (tertiary/aromatic N) is 3. The van der Waals surface area contributed by atoms with Crippen molar-refractivity contribution in [3.63, 3.8) is 0 Å². The standard InChI is InChI=1S/C31H32N4O5/c1-37-27-7-3-4-8-28(27)40-24-11-9-22(10-12-24)34-31-21(17-32)18-33-26-16-30(29(38-2)15-25(26)31)39-20-23(36)19-35-13-5-6-14-35/h3-4,7-12,15-16,18,23,36H,5-6,13-14,19-20H2,1-2H3,(H,33,34). The highest BCUT2D eigenvalue weighted by atomic mass is 16.5. The average molecular weight is 541 g/mol. The fourth-order valence-electron chi connectivity index (χ4n) is 4.77. The number of methoxy groups -OCH3 is 2. The van der Waals surface area contributed by atoms with E-state index in [4.69, 9.17) is 18.9 Å². The van der Waals surface area contributed by atoms with Gasteiger partial charge in [0.05, 0.1) is 31.0 Å². The normalized spacial score (nSPS) is 13.9. The maximum atomic E-state index is 10.5.